The van der Waals surface area contributed by atoms with E-state index in [1.807, 2.05) is 6.07 Å². The third-order valence-corrected chi connectivity index (χ3v) is 8.15. The minimum Gasteiger partial charge on any atom is -0.493 e. The van der Waals surface area contributed by atoms with Gasteiger partial charge < -0.3 is 4.74 Å². The van der Waals surface area contributed by atoms with Crippen molar-refractivity contribution in [1.29, 1.82) is 0 Å². The van der Waals surface area contributed by atoms with Crippen molar-refractivity contribution in [3.8, 4) is 5.75 Å². The summed E-state index contributed by atoms with van der Waals surface area (Å²) in [4.78, 5) is 0. The van der Waals surface area contributed by atoms with Gasteiger partial charge in [0.05, 0.1) is 32.5 Å². The Labute approximate surface area is 139 Å². The lowest BCUT2D eigenvalue weighted by molar-refractivity contribution is 0.418. The van der Waals surface area contributed by atoms with Crippen LogP contribution in [-0.2, 0) is 6.16 Å². The van der Waals surface area contributed by atoms with Crippen molar-refractivity contribution >= 4 is 17.9 Å². The van der Waals surface area contributed by atoms with Crippen LogP contribution in [0.2, 0.25) is 0 Å². The Kier molecular flexibility index (Phi) is 4.79. The quantitative estimate of drug-likeness (QED) is 0.629. The van der Waals surface area contributed by atoms with E-state index in [4.69, 9.17) is 4.74 Å². The summed E-state index contributed by atoms with van der Waals surface area (Å²) in [5, 5.41) is 2.74. The van der Waals surface area contributed by atoms with Gasteiger partial charge in [-0.1, -0.05) is 60.7 Å². The Bertz CT molecular complexity index is 755. The van der Waals surface area contributed by atoms with Gasteiger partial charge >= 0.3 is 0 Å². The first-order valence-electron chi connectivity index (χ1n) is 7.83. The monoisotopic (exact) mass is 321 g/mol. The Morgan fingerprint density at radius 3 is 1.96 bits per heavy atom. The van der Waals surface area contributed by atoms with Gasteiger partial charge in [0.1, 0.15) is 5.30 Å². The van der Waals surface area contributed by atoms with Crippen LogP contribution in [0.3, 0.4) is 0 Å². The lowest BCUT2D eigenvalue weighted by atomic mass is 10.2. The van der Waals surface area contributed by atoms with E-state index < -0.39 is 7.26 Å². The first-order valence-corrected chi connectivity index (χ1v) is 10.2. The molecule has 0 bridgehead atoms. The first-order chi connectivity index (χ1) is 11.2. The molecule has 1 unspecified atom stereocenters. The zero-order valence-electron chi connectivity index (χ0n) is 13.6. The second kappa shape index (κ2) is 6.98. The molecule has 2 heteroatoms. The zero-order valence-corrected chi connectivity index (χ0v) is 14.5. The molecule has 0 N–H and O–H groups in total. The third-order valence-electron chi connectivity index (χ3n) is 4.28. The molecule has 0 spiro atoms. The van der Waals surface area contributed by atoms with Crippen molar-refractivity contribution in [2.24, 2.45) is 0 Å². The average Bonchev–Trinajstić information content (AvgIpc) is 2.63. The summed E-state index contributed by atoms with van der Waals surface area (Å²) in [7, 11) is 0.185. The fourth-order valence-electron chi connectivity index (χ4n) is 3.06. The Balaban J connectivity index is 2.14. The van der Waals surface area contributed by atoms with Gasteiger partial charge in [-0.05, 0) is 29.8 Å². The summed E-state index contributed by atoms with van der Waals surface area (Å²) in [6, 6.07) is 30.1. The smallest absolute Gasteiger partial charge is 0.161 e. The minimum absolute atomic E-state index is 0.989. The highest BCUT2D eigenvalue weighted by molar-refractivity contribution is 7.88. The molecule has 0 saturated carbocycles. The molecule has 23 heavy (non-hydrogen) atoms. The Morgan fingerprint density at radius 1 is 0.739 bits per heavy atom. The van der Waals surface area contributed by atoms with Crippen molar-refractivity contribution in [3.05, 3.63) is 90.5 Å². The first kappa shape index (κ1) is 15.8. The Hall–Kier alpha value is -2.11. The maximum atomic E-state index is 5.68. The summed E-state index contributed by atoms with van der Waals surface area (Å²) in [5.41, 5.74) is 1.37. The van der Waals surface area contributed by atoms with Gasteiger partial charge in [-0.3, -0.25) is 0 Å². The molecule has 0 aliphatic rings. The predicted molar refractivity (Wildman–Crippen MR) is 102 cm³/mol. The average molecular weight is 321 g/mol. The topological polar surface area (TPSA) is 9.23 Å². The molecule has 0 radical (unpaired) electrons. The highest BCUT2D eigenvalue weighted by Gasteiger charge is 2.40. The van der Waals surface area contributed by atoms with Gasteiger partial charge in [0.2, 0.25) is 0 Å². The molecule has 3 rings (SSSR count). The van der Waals surface area contributed by atoms with Gasteiger partial charge in [-0.15, -0.1) is 0 Å². The number of ether oxygens (including phenoxy) is 1. The van der Waals surface area contributed by atoms with E-state index in [0.717, 1.165) is 11.9 Å². The summed E-state index contributed by atoms with van der Waals surface area (Å²) in [6.45, 7) is 2.41. The predicted octanol–water partition coefficient (Wildman–Crippen LogP) is 4.49. The molecule has 0 amide bonds. The highest BCUT2D eigenvalue weighted by Crippen LogP contribution is 2.57. The summed E-state index contributed by atoms with van der Waals surface area (Å²) < 4.78 is 5.68. The lowest BCUT2D eigenvalue weighted by Crippen LogP contribution is -2.24. The molecule has 0 fully saturated rings. The number of benzene rings is 3. The second-order valence-corrected chi connectivity index (χ2v) is 9.54. The third kappa shape index (κ3) is 3.30. The van der Waals surface area contributed by atoms with Crippen molar-refractivity contribution < 1.29 is 4.74 Å². The molecule has 1 nitrogen and oxygen atoms in total. The van der Waals surface area contributed by atoms with Crippen LogP contribution in [0, 0.1) is 0 Å². The number of para-hydroxylation sites is 1. The maximum absolute atomic E-state index is 5.68. The summed E-state index contributed by atoms with van der Waals surface area (Å²) >= 11 is 0. The van der Waals surface area contributed by atoms with Crippen molar-refractivity contribution in [2.45, 2.75) is 6.16 Å². The van der Waals surface area contributed by atoms with E-state index in [-0.39, 0.29) is 0 Å². The molecular weight excluding hydrogens is 299 g/mol. The van der Waals surface area contributed by atoms with E-state index in [2.05, 4.69) is 85.5 Å². The number of hydrogen-bond acceptors (Lipinski definition) is 1. The number of hydrogen-bond donors (Lipinski definition) is 0. The van der Waals surface area contributed by atoms with Crippen LogP contribution in [0.25, 0.3) is 0 Å². The van der Waals surface area contributed by atoms with Crippen LogP contribution in [0.15, 0.2) is 84.9 Å². The van der Waals surface area contributed by atoms with E-state index in [1.165, 1.54) is 16.2 Å². The van der Waals surface area contributed by atoms with Gasteiger partial charge in [-0.25, -0.2) is 0 Å². The van der Waals surface area contributed by atoms with Gasteiger partial charge in [-0.2, -0.15) is 0 Å². The van der Waals surface area contributed by atoms with Crippen molar-refractivity contribution in [3.63, 3.8) is 0 Å². The fraction of sp³-hybridized carbons (Fsp3) is 0.143. The van der Waals surface area contributed by atoms with Crippen molar-refractivity contribution in [2.75, 3.05) is 13.8 Å². The molecule has 0 aromatic heterocycles. The summed E-state index contributed by atoms with van der Waals surface area (Å²) in [6.07, 6.45) is 1.04. The standard InChI is InChI=1S/C21H22OP/c1-22-20-15-9-10-16-21(20)23(2,19-13-7-4-8-14-19)17-18-11-5-3-6-12-18/h3-16H,17H2,1-2H3/q+1. The normalized spacial score (nSPS) is 13.3. The van der Waals surface area contributed by atoms with Gasteiger partial charge in [0, 0.05) is 0 Å². The molecular formula is C21H22OP+. The van der Waals surface area contributed by atoms with Crippen LogP contribution in [-0.4, -0.2) is 13.8 Å². The summed E-state index contributed by atoms with van der Waals surface area (Å²) in [5.74, 6) is 0.989. The molecule has 0 aliphatic heterocycles. The van der Waals surface area contributed by atoms with Crippen LogP contribution >= 0.6 is 7.26 Å². The van der Waals surface area contributed by atoms with Gasteiger partial charge in [0.25, 0.3) is 0 Å². The van der Waals surface area contributed by atoms with Crippen molar-refractivity contribution in [1.82, 2.24) is 0 Å². The lowest BCUT2D eigenvalue weighted by Gasteiger charge is -2.24. The van der Waals surface area contributed by atoms with Crippen LogP contribution in [0.1, 0.15) is 5.56 Å². The number of rotatable bonds is 5. The van der Waals surface area contributed by atoms with Gasteiger partial charge in [0.15, 0.2) is 5.75 Å². The minimum atomic E-state index is -1.58. The molecule has 0 saturated heterocycles. The second-order valence-electron chi connectivity index (χ2n) is 5.84. The molecule has 0 aliphatic carbocycles. The molecule has 0 heterocycles. The zero-order chi connectivity index (χ0) is 16.1. The van der Waals surface area contributed by atoms with Crippen LogP contribution in [0.5, 0.6) is 5.75 Å². The molecule has 3 aromatic carbocycles. The maximum Gasteiger partial charge on any atom is 0.161 e. The van der Waals surface area contributed by atoms with Crippen LogP contribution in [0.4, 0.5) is 0 Å². The highest BCUT2D eigenvalue weighted by atomic mass is 31.2. The molecule has 3 aromatic rings. The Morgan fingerprint density at radius 2 is 1.30 bits per heavy atom. The fourth-order valence-corrected chi connectivity index (χ4v) is 6.53. The van der Waals surface area contributed by atoms with Crippen LogP contribution < -0.4 is 15.3 Å². The van der Waals surface area contributed by atoms with E-state index in [9.17, 15) is 0 Å². The molecule has 1 atom stereocenters. The largest absolute Gasteiger partial charge is 0.493 e. The van der Waals surface area contributed by atoms with E-state index >= 15 is 0 Å². The SMILES string of the molecule is COc1ccccc1[P+](C)(Cc1ccccc1)c1ccccc1. The number of methoxy groups -OCH3 is 1. The van der Waals surface area contributed by atoms with E-state index in [1.54, 1.807) is 7.11 Å². The molecule has 116 valence electrons. The van der Waals surface area contributed by atoms with E-state index in [0.29, 0.717) is 0 Å².